The van der Waals surface area contributed by atoms with Crippen LogP contribution in [0.1, 0.15) is 0 Å². The molecule has 0 spiro atoms. The van der Waals surface area contributed by atoms with Gasteiger partial charge in [-0.15, -0.1) is 0 Å². The molecule has 0 atom stereocenters. The number of rotatable bonds is 2. The van der Waals surface area contributed by atoms with Gasteiger partial charge in [0.1, 0.15) is 18.9 Å². The van der Waals surface area contributed by atoms with Crippen LogP contribution in [0.4, 0.5) is 15.9 Å². The van der Waals surface area contributed by atoms with Gasteiger partial charge in [0.25, 0.3) is 5.82 Å². The summed E-state index contributed by atoms with van der Waals surface area (Å²) >= 11 is 0. The lowest BCUT2D eigenvalue weighted by Gasteiger charge is -2.33. The van der Waals surface area contributed by atoms with E-state index in [4.69, 9.17) is 0 Å². The zero-order chi connectivity index (χ0) is 13.9. The van der Waals surface area contributed by atoms with E-state index in [1.807, 2.05) is 18.2 Å². The Hall–Kier alpha value is -2.10. The highest BCUT2D eigenvalue weighted by molar-refractivity contribution is 5.49. The average Bonchev–Trinajstić information content (AvgIpc) is 2.49. The third kappa shape index (κ3) is 2.46. The van der Waals surface area contributed by atoms with E-state index in [0.29, 0.717) is 5.69 Å². The first kappa shape index (κ1) is 12.9. The van der Waals surface area contributed by atoms with Crippen LogP contribution in [-0.2, 0) is 7.05 Å². The van der Waals surface area contributed by atoms with Gasteiger partial charge in [-0.05, 0) is 18.2 Å². The molecule has 0 aliphatic carbocycles. The molecule has 1 saturated heterocycles. The smallest absolute Gasteiger partial charge is 0.276 e. The molecule has 0 N–H and O–H groups in total. The SMILES string of the molecule is C[n+]1ccccc1N1CCN(c2ccccc2F)CC1. The quantitative estimate of drug-likeness (QED) is 0.774. The Balaban J connectivity index is 1.72. The summed E-state index contributed by atoms with van der Waals surface area (Å²) in [5.41, 5.74) is 0.713. The standard InChI is InChI=1S/C16H19FN3/c1-18-9-5-4-8-16(18)20-12-10-19(11-13-20)15-7-3-2-6-14(15)17/h2-9H,10-13H2,1H3/q+1. The number of pyridine rings is 1. The molecule has 104 valence electrons. The summed E-state index contributed by atoms with van der Waals surface area (Å²) in [6, 6.07) is 13.2. The van der Waals surface area contributed by atoms with Crippen LogP contribution in [0.3, 0.4) is 0 Å². The van der Waals surface area contributed by atoms with E-state index in [0.717, 1.165) is 26.2 Å². The summed E-state index contributed by atoms with van der Waals surface area (Å²) in [5, 5.41) is 0. The molecular weight excluding hydrogens is 253 g/mol. The predicted molar refractivity (Wildman–Crippen MR) is 78.4 cm³/mol. The Labute approximate surface area is 118 Å². The lowest BCUT2D eigenvalue weighted by molar-refractivity contribution is -0.659. The lowest BCUT2D eigenvalue weighted by atomic mass is 10.2. The fourth-order valence-corrected chi connectivity index (χ4v) is 2.73. The maximum Gasteiger partial charge on any atom is 0.276 e. The molecule has 1 fully saturated rings. The number of aryl methyl sites for hydroxylation is 1. The number of anilines is 2. The molecule has 3 nitrogen and oxygen atoms in total. The average molecular weight is 272 g/mol. The highest BCUT2D eigenvalue weighted by Gasteiger charge is 2.25. The Bertz CT molecular complexity index is 538. The van der Waals surface area contributed by atoms with Gasteiger partial charge in [-0.3, -0.25) is 4.90 Å². The van der Waals surface area contributed by atoms with Crippen LogP contribution < -0.4 is 14.4 Å². The van der Waals surface area contributed by atoms with Crippen LogP contribution in [0, 0.1) is 5.82 Å². The second kappa shape index (κ2) is 5.49. The van der Waals surface area contributed by atoms with Gasteiger partial charge in [0.15, 0.2) is 0 Å². The van der Waals surface area contributed by atoms with E-state index in [1.165, 1.54) is 11.9 Å². The zero-order valence-electron chi connectivity index (χ0n) is 11.7. The largest absolute Gasteiger partial charge is 0.361 e. The third-order valence-electron chi connectivity index (χ3n) is 3.82. The fourth-order valence-electron chi connectivity index (χ4n) is 2.73. The molecule has 0 amide bonds. The second-order valence-electron chi connectivity index (χ2n) is 5.10. The second-order valence-corrected chi connectivity index (χ2v) is 5.10. The van der Waals surface area contributed by atoms with Crippen LogP contribution in [0.25, 0.3) is 0 Å². The van der Waals surface area contributed by atoms with E-state index in [9.17, 15) is 4.39 Å². The minimum absolute atomic E-state index is 0.133. The number of hydrogen-bond acceptors (Lipinski definition) is 2. The molecule has 20 heavy (non-hydrogen) atoms. The van der Waals surface area contributed by atoms with Crippen molar-refractivity contribution in [3.05, 3.63) is 54.5 Å². The number of piperazine rings is 1. The van der Waals surface area contributed by atoms with Gasteiger partial charge in [0.05, 0.1) is 32.0 Å². The minimum Gasteiger partial charge on any atom is -0.361 e. The zero-order valence-corrected chi connectivity index (χ0v) is 11.7. The molecule has 0 bridgehead atoms. The summed E-state index contributed by atoms with van der Waals surface area (Å²) in [6.07, 6.45) is 2.05. The summed E-state index contributed by atoms with van der Waals surface area (Å²) in [4.78, 5) is 4.46. The van der Waals surface area contributed by atoms with Crippen molar-refractivity contribution in [3.63, 3.8) is 0 Å². The molecule has 0 saturated carbocycles. The van der Waals surface area contributed by atoms with Crippen LogP contribution in [0.2, 0.25) is 0 Å². The molecule has 0 unspecified atom stereocenters. The van der Waals surface area contributed by atoms with Crippen LogP contribution in [0.5, 0.6) is 0 Å². The summed E-state index contributed by atoms with van der Waals surface area (Å²) in [7, 11) is 2.05. The molecule has 4 heteroatoms. The van der Waals surface area contributed by atoms with Crippen molar-refractivity contribution in [2.24, 2.45) is 7.05 Å². The molecular formula is C16H19FN3+. The van der Waals surface area contributed by atoms with Crippen molar-refractivity contribution < 1.29 is 8.96 Å². The molecule has 1 aliphatic rings. The Kier molecular flexibility index (Phi) is 3.54. The van der Waals surface area contributed by atoms with E-state index in [-0.39, 0.29) is 5.82 Å². The van der Waals surface area contributed by atoms with Crippen LogP contribution >= 0.6 is 0 Å². The number of aromatic nitrogens is 1. The number of hydrogen-bond donors (Lipinski definition) is 0. The van der Waals surface area contributed by atoms with Gasteiger partial charge in [-0.1, -0.05) is 18.2 Å². The van der Waals surface area contributed by atoms with Gasteiger partial charge >= 0.3 is 0 Å². The van der Waals surface area contributed by atoms with Crippen molar-refractivity contribution in [3.8, 4) is 0 Å². The summed E-state index contributed by atoms with van der Waals surface area (Å²) in [5.74, 6) is 1.08. The topological polar surface area (TPSA) is 10.4 Å². The maximum absolute atomic E-state index is 13.8. The first-order chi connectivity index (χ1) is 9.75. The Morgan fingerprint density at radius 1 is 0.900 bits per heavy atom. The van der Waals surface area contributed by atoms with Gasteiger partial charge < -0.3 is 4.90 Å². The molecule has 2 heterocycles. The predicted octanol–water partition coefficient (Wildman–Crippen LogP) is 1.98. The van der Waals surface area contributed by atoms with Gasteiger partial charge in [-0.2, -0.15) is 0 Å². The van der Waals surface area contributed by atoms with Gasteiger partial charge in [0, 0.05) is 6.07 Å². The van der Waals surface area contributed by atoms with Crippen LogP contribution in [-0.4, -0.2) is 26.2 Å². The highest BCUT2D eigenvalue weighted by Crippen LogP contribution is 2.21. The number of benzene rings is 1. The van der Waals surface area contributed by atoms with Gasteiger partial charge in [-0.25, -0.2) is 8.96 Å². The summed E-state index contributed by atoms with van der Waals surface area (Å²) < 4.78 is 15.9. The molecule has 1 aromatic carbocycles. The van der Waals surface area contributed by atoms with Gasteiger partial charge in [0.2, 0.25) is 0 Å². The minimum atomic E-state index is -0.133. The fraction of sp³-hybridized carbons (Fsp3) is 0.312. The Morgan fingerprint density at radius 3 is 2.25 bits per heavy atom. The molecule has 0 radical (unpaired) electrons. The van der Waals surface area contributed by atoms with E-state index in [1.54, 1.807) is 6.07 Å². The first-order valence-corrected chi connectivity index (χ1v) is 6.95. The number of para-hydroxylation sites is 1. The van der Waals surface area contributed by atoms with Crippen LogP contribution in [0.15, 0.2) is 48.7 Å². The molecule has 3 rings (SSSR count). The van der Waals surface area contributed by atoms with Crippen molar-refractivity contribution in [2.45, 2.75) is 0 Å². The van der Waals surface area contributed by atoms with Crippen molar-refractivity contribution in [2.75, 3.05) is 36.0 Å². The monoisotopic (exact) mass is 272 g/mol. The van der Waals surface area contributed by atoms with Crippen molar-refractivity contribution in [1.82, 2.24) is 0 Å². The van der Waals surface area contributed by atoms with Crippen molar-refractivity contribution in [1.29, 1.82) is 0 Å². The van der Waals surface area contributed by atoms with E-state index in [2.05, 4.69) is 39.7 Å². The molecule has 1 aliphatic heterocycles. The lowest BCUT2D eigenvalue weighted by Crippen LogP contribution is -2.50. The Morgan fingerprint density at radius 2 is 1.55 bits per heavy atom. The number of nitrogens with zero attached hydrogens (tertiary/aromatic N) is 3. The summed E-state index contributed by atoms with van der Waals surface area (Å²) in [6.45, 7) is 3.50. The van der Waals surface area contributed by atoms with E-state index < -0.39 is 0 Å². The highest BCUT2D eigenvalue weighted by atomic mass is 19.1. The normalized spacial score (nSPS) is 15.5. The van der Waals surface area contributed by atoms with Crippen molar-refractivity contribution >= 4 is 11.5 Å². The molecule has 2 aromatic rings. The van der Waals surface area contributed by atoms with E-state index >= 15 is 0 Å². The number of halogens is 1. The maximum atomic E-state index is 13.8. The molecule has 1 aromatic heterocycles. The first-order valence-electron chi connectivity index (χ1n) is 6.95. The third-order valence-corrected chi connectivity index (χ3v) is 3.82.